The first-order valence-corrected chi connectivity index (χ1v) is 11.3. The molecular weight excluding hydrogens is 422 g/mol. The molecule has 166 valence electrons. The van der Waals surface area contributed by atoms with Gasteiger partial charge in [0.2, 0.25) is 15.9 Å². The van der Waals surface area contributed by atoms with Crippen LogP contribution in [0.3, 0.4) is 0 Å². The molecule has 1 heterocycles. The zero-order valence-electron chi connectivity index (χ0n) is 17.4. The summed E-state index contributed by atoms with van der Waals surface area (Å²) in [7, 11) is -2.29. The lowest BCUT2D eigenvalue weighted by molar-refractivity contribution is -0.385. The highest BCUT2D eigenvalue weighted by Gasteiger charge is 2.33. The summed E-state index contributed by atoms with van der Waals surface area (Å²) in [4.78, 5) is 22.9. The van der Waals surface area contributed by atoms with Gasteiger partial charge in [0.15, 0.2) is 0 Å². The summed E-state index contributed by atoms with van der Waals surface area (Å²) >= 11 is 0. The number of non-ortho nitro benzene ring substituents is 1. The van der Waals surface area contributed by atoms with Crippen LogP contribution in [0.25, 0.3) is 0 Å². The topological polar surface area (TPSA) is 119 Å². The van der Waals surface area contributed by atoms with Crippen LogP contribution in [0.2, 0.25) is 0 Å². The van der Waals surface area contributed by atoms with Crippen molar-refractivity contribution in [3.8, 4) is 5.75 Å². The third-order valence-corrected chi connectivity index (χ3v) is 7.49. The van der Waals surface area contributed by atoms with Crippen molar-refractivity contribution in [3.63, 3.8) is 0 Å². The van der Waals surface area contributed by atoms with Crippen molar-refractivity contribution in [3.05, 3.63) is 63.7 Å². The van der Waals surface area contributed by atoms with Crippen LogP contribution in [0.15, 0.2) is 47.4 Å². The van der Waals surface area contributed by atoms with E-state index in [4.69, 9.17) is 4.74 Å². The molecule has 2 aromatic rings. The van der Waals surface area contributed by atoms with Crippen LogP contribution >= 0.6 is 0 Å². The Labute approximate surface area is 181 Å². The van der Waals surface area contributed by atoms with E-state index in [1.165, 1.54) is 16.4 Å². The molecule has 10 heteroatoms. The molecule has 1 aliphatic heterocycles. The van der Waals surface area contributed by atoms with Gasteiger partial charge in [-0.15, -0.1) is 0 Å². The van der Waals surface area contributed by atoms with E-state index in [1.807, 2.05) is 24.3 Å². The summed E-state index contributed by atoms with van der Waals surface area (Å²) in [5, 5.41) is 13.9. The number of piperidine rings is 1. The first-order valence-electron chi connectivity index (χ1n) is 9.88. The minimum absolute atomic E-state index is 0.0656. The largest absolute Gasteiger partial charge is 0.497 e. The molecule has 0 saturated carbocycles. The van der Waals surface area contributed by atoms with Gasteiger partial charge in [-0.25, -0.2) is 8.42 Å². The Bertz CT molecular complexity index is 1060. The number of amides is 1. The van der Waals surface area contributed by atoms with Crippen molar-refractivity contribution < 1.29 is 22.9 Å². The number of benzene rings is 2. The summed E-state index contributed by atoms with van der Waals surface area (Å²) in [6, 6.07) is 11.2. The summed E-state index contributed by atoms with van der Waals surface area (Å²) in [6.45, 7) is 2.36. The normalized spacial score (nSPS) is 15.4. The maximum atomic E-state index is 13.0. The quantitative estimate of drug-likeness (QED) is 0.515. The Kier molecular flexibility index (Phi) is 6.91. The third-order valence-electron chi connectivity index (χ3n) is 5.45. The van der Waals surface area contributed by atoms with Gasteiger partial charge >= 0.3 is 0 Å². The Hall–Kier alpha value is -2.98. The Balaban J connectivity index is 1.60. The molecule has 1 aliphatic rings. The Morgan fingerprint density at radius 3 is 2.42 bits per heavy atom. The summed E-state index contributed by atoms with van der Waals surface area (Å²) in [5.41, 5.74) is 1.12. The second-order valence-corrected chi connectivity index (χ2v) is 9.36. The minimum Gasteiger partial charge on any atom is -0.497 e. The van der Waals surface area contributed by atoms with Gasteiger partial charge in [-0.05, 0) is 43.0 Å². The number of sulfonamides is 1. The van der Waals surface area contributed by atoms with E-state index in [0.717, 1.165) is 17.4 Å². The number of methoxy groups -OCH3 is 1. The van der Waals surface area contributed by atoms with Crippen LogP contribution in [0.5, 0.6) is 5.75 Å². The number of nitro benzene ring substituents is 1. The predicted octanol–water partition coefficient (Wildman–Crippen LogP) is 2.63. The fourth-order valence-corrected chi connectivity index (χ4v) is 5.27. The molecule has 0 bridgehead atoms. The fourth-order valence-electron chi connectivity index (χ4n) is 3.55. The molecular formula is C21H25N3O6S. The number of carbonyl (C=O) groups excluding carboxylic acids is 1. The molecule has 1 amide bonds. The zero-order chi connectivity index (χ0) is 22.6. The molecule has 9 nitrogen and oxygen atoms in total. The number of rotatable bonds is 7. The average Bonchev–Trinajstić information content (AvgIpc) is 2.77. The number of carbonyl (C=O) groups is 1. The van der Waals surface area contributed by atoms with Gasteiger partial charge in [-0.3, -0.25) is 14.9 Å². The van der Waals surface area contributed by atoms with Gasteiger partial charge in [-0.2, -0.15) is 4.31 Å². The van der Waals surface area contributed by atoms with E-state index in [9.17, 15) is 23.3 Å². The van der Waals surface area contributed by atoms with E-state index in [2.05, 4.69) is 5.32 Å². The van der Waals surface area contributed by atoms with Crippen molar-refractivity contribution in [2.75, 3.05) is 20.2 Å². The maximum absolute atomic E-state index is 13.0. The van der Waals surface area contributed by atoms with Crippen molar-refractivity contribution in [1.82, 2.24) is 9.62 Å². The molecule has 0 spiro atoms. The molecule has 1 N–H and O–H groups in total. The highest BCUT2D eigenvalue weighted by atomic mass is 32.2. The monoisotopic (exact) mass is 447 g/mol. The Morgan fingerprint density at radius 1 is 1.19 bits per heavy atom. The summed E-state index contributed by atoms with van der Waals surface area (Å²) < 4.78 is 32.4. The first kappa shape index (κ1) is 22.7. The lowest BCUT2D eigenvalue weighted by Gasteiger charge is -2.30. The van der Waals surface area contributed by atoms with E-state index >= 15 is 0 Å². The van der Waals surface area contributed by atoms with E-state index < -0.39 is 14.9 Å². The first-order chi connectivity index (χ1) is 14.7. The van der Waals surface area contributed by atoms with Crippen LogP contribution in [-0.4, -0.2) is 43.8 Å². The molecule has 3 rings (SSSR count). The molecule has 0 aromatic heterocycles. The average molecular weight is 448 g/mol. The predicted molar refractivity (Wildman–Crippen MR) is 114 cm³/mol. The number of nitrogens with one attached hydrogen (secondary N) is 1. The molecule has 0 radical (unpaired) electrons. The van der Waals surface area contributed by atoms with E-state index in [-0.39, 0.29) is 35.5 Å². The van der Waals surface area contributed by atoms with Gasteiger partial charge in [0.1, 0.15) is 5.75 Å². The number of hydrogen-bond donors (Lipinski definition) is 1. The van der Waals surface area contributed by atoms with Gasteiger partial charge in [-0.1, -0.05) is 18.2 Å². The van der Waals surface area contributed by atoms with Crippen molar-refractivity contribution >= 4 is 21.6 Å². The molecule has 2 aromatic carbocycles. The van der Waals surface area contributed by atoms with Crippen molar-refractivity contribution in [2.45, 2.75) is 31.2 Å². The van der Waals surface area contributed by atoms with Crippen LogP contribution in [0, 0.1) is 23.0 Å². The molecule has 1 fully saturated rings. The fraction of sp³-hybridized carbons (Fsp3) is 0.381. The summed E-state index contributed by atoms with van der Waals surface area (Å²) in [6.07, 6.45) is 0.781. The highest BCUT2D eigenvalue weighted by Crippen LogP contribution is 2.28. The molecule has 0 atom stereocenters. The minimum atomic E-state index is -3.87. The standard InChI is InChI=1S/C21H25N3O6S/c1-15-3-6-18(24(26)27)13-20(15)31(28,29)23-11-9-17(10-12-23)21(25)22-14-16-4-7-19(30-2)8-5-16/h3-8,13,17H,9-12,14H2,1-2H3,(H,22,25). The van der Waals surface area contributed by atoms with Gasteiger partial charge in [0.05, 0.1) is 16.9 Å². The van der Waals surface area contributed by atoms with Crippen molar-refractivity contribution in [2.24, 2.45) is 5.92 Å². The van der Waals surface area contributed by atoms with Gasteiger partial charge in [0.25, 0.3) is 5.69 Å². The molecule has 0 aliphatic carbocycles. The summed E-state index contributed by atoms with van der Waals surface area (Å²) in [5.74, 6) is 0.345. The van der Waals surface area contributed by atoms with Crippen LogP contribution in [-0.2, 0) is 21.4 Å². The van der Waals surface area contributed by atoms with Gasteiger partial charge in [0, 0.05) is 37.7 Å². The van der Waals surface area contributed by atoms with E-state index in [1.54, 1.807) is 14.0 Å². The van der Waals surface area contributed by atoms with E-state index in [0.29, 0.717) is 24.9 Å². The number of nitro groups is 1. The lowest BCUT2D eigenvalue weighted by Crippen LogP contribution is -2.43. The second kappa shape index (κ2) is 9.44. The second-order valence-electron chi connectivity index (χ2n) is 7.45. The Morgan fingerprint density at radius 2 is 1.84 bits per heavy atom. The maximum Gasteiger partial charge on any atom is 0.270 e. The SMILES string of the molecule is COc1ccc(CNC(=O)C2CCN(S(=O)(=O)c3cc([N+](=O)[O-])ccc3C)CC2)cc1. The zero-order valence-corrected chi connectivity index (χ0v) is 18.2. The molecule has 1 saturated heterocycles. The number of aryl methyl sites for hydroxylation is 1. The van der Waals surface area contributed by atoms with Crippen molar-refractivity contribution in [1.29, 1.82) is 0 Å². The third kappa shape index (κ3) is 5.20. The van der Waals surface area contributed by atoms with Crippen LogP contribution < -0.4 is 10.1 Å². The molecule has 31 heavy (non-hydrogen) atoms. The lowest BCUT2D eigenvalue weighted by atomic mass is 9.97. The van der Waals surface area contributed by atoms with Gasteiger partial charge < -0.3 is 10.1 Å². The van der Waals surface area contributed by atoms with Crippen LogP contribution in [0.4, 0.5) is 5.69 Å². The highest BCUT2D eigenvalue weighted by molar-refractivity contribution is 7.89. The number of hydrogen-bond acceptors (Lipinski definition) is 6. The number of ether oxygens (including phenoxy) is 1. The smallest absolute Gasteiger partial charge is 0.270 e. The number of nitrogens with zero attached hydrogens (tertiary/aromatic N) is 2. The van der Waals surface area contributed by atoms with Crippen LogP contribution in [0.1, 0.15) is 24.0 Å². The molecule has 0 unspecified atom stereocenters.